The van der Waals surface area contributed by atoms with Crippen LogP contribution >= 0.6 is 22.9 Å². The maximum Gasteiger partial charge on any atom is 0.244 e. The van der Waals surface area contributed by atoms with Gasteiger partial charge in [0.2, 0.25) is 11.8 Å². The van der Waals surface area contributed by atoms with Crippen LogP contribution in [0.1, 0.15) is 5.69 Å². The van der Waals surface area contributed by atoms with Gasteiger partial charge in [0.05, 0.1) is 28.5 Å². The number of nitrogens with one attached hydrogen (secondary N) is 1. The van der Waals surface area contributed by atoms with Crippen LogP contribution < -0.4 is 10.2 Å². The summed E-state index contributed by atoms with van der Waals surface area (Å²) in [7, 11) is 0. The summed E-state index contributed by atoms with van der Waals surface area (Å²) in [5.74, 6) is -0.365. The minimum Gasteiger partial charge on any atom is -0.323 e. The zero-order chi connectivity index (χ0) is 18.1. The van der Waals surface area contributed by atoms with Gasteiger partial charge in [-0.25, -0.2) is 4.98 Å². The van der Waals surface area contributed by atoms with Gasteiger partial charge in [-0.2, -0.15) is 0 Å². The monoisotopic (exact) mass is 383 g/mol. The number of halogens is 1. The zero-order valence-corrected chi connectivity index (χ0v) is 15.2. The van der Waals surface area contributed by atoms with Crippen LogP contribution in [-0.2, 0) is 16.0 Å². The van der Waals surface area contributed by atoms with Gasteiger partial charge in [-0.1, -0.05) is 41.9 Å². The largest absolute Gasteiger partial charge is 0.323 e. The normalized spacial score (nSPS) is 13.3. The SMILES string of the molecule is O=C1CN(C(=O)Cc2csc(-c3ccccc3Cl)n2)c2ccccc2N1. The second-order valence-electron chi connectivity index (χ2n) is 5.85. The molecule has 0 radical (unpaired) electrons. The first-order valence-corrected chi connectivity index (χ1v) is 9.26. The fourth-order valence-corrected chi connectivity index (χ4v) is 3.99. The molecule has 26 heavy (non-hydrogen) atoms. The predicted molar refractivity (Wildman–Crippen MR) is 104 cm³/mol. The van der Waals surface area contributed by atoms with Crippen molar-refractivity contribution in [2.24, 2.45) is 0 Å². The first-order valence-electron chi connectivity index (χ1n) is 8.00. The topological polar surface area (TPSA) is 62.3 Å². The molecule has 1 aliphatic heterocycles. The van der Waals surface area contributed by atoms with E-state index < -0.39 is 0 Å². The molecule has 4 rings (SSSR count). The van der Waals surface area contributed by atoms with E-state index in [-0.39, 0.29) is 24.8 Å². The Hall–Kier alpha value is -2.70. The molecule has 7 heteroatoms. The number of fused-ring (bicyclic) bond motifs is 1. The summed E-state index contributed by atoms with van der Waals surface area (Å²) in [4.78, 5) is 30.7. The van der Waals surface area contributed by atoms with E-state index in [0.717, 1.165) is 10.6 Å². The molecule has 0 atom stereocenters. The number of para-hydroxylation sites is 2. The van der Waals surface area contributed by atoms with Gasteiger partial charge < -0.3 is 10.2 Å². The average molecular weight is 384 g/mol. The third-order valence-electron chi connectivity index (χ3n) is 4.06. The minimum atomic E-state index is -0.202. The first kappa shape index (κ1) is 16.8. The quantitative estimate of drug-likeness (QED) is 0.743. The number of carbonyl (C=O) groups excluding carboxylic acids is 2. The van der Waals surface area contributed by atoms with E-state index in [1.807, 2.05) is 47.8 Å². The van der Waals surface area contributed by atoms with Gasteiger partial charge in [0.15, 0.2) is 0 Å². The van der Waals surface area contributed by atoms with Gasteiger partial charge in [0.1, 0.15) is 11.6 Å². The lowest BCUT2D eigenvalue weighted by atomic mass is 10.1. The maximum atomic E-state index is 12.8. The molecule has 0 unspecified atom stereocenters. The molecule has 0 aliphatic carbocycles. The summed E-state index contributed by atoms with van der Waals surface area (Å²) in [6.07, 6.45) is 0.128. The summed E-state index contributed by atoms with van der Waals surface area (Å²) >= 11 is 7.66. The minimum absolute atomic E-state index is 0.0113. The molecular weight excluding hydrogens is 370 g/mol. The van der Waals surface area contributed by atoms with Crippen LogP contribution in [0.2, 0.25) is 5.02 Å². The standard InChI is InChI=1S/C19H14ClN3O2S/c20-14-6-2-1-5-13(14)19-21-12(11-26-19)9-18(25)23-10-17(24)22-15-7-3-4-8-16(15)23/h1-8,11H,9-10H2,(H,22,24). The van der Waals surface area contributed by atoms with Gasteiger partial charge in [0.25, 0.3) is 0 Å². The van der Waals surface area contributed by atoms with E-state index in [0.29, 0.717) is 22.1 Å². The number of carbonyl (C=O) groups is 2. The summed E-state index contributed by atoms with van der Waals surface area (Å²) < 4.78 is 0. The van der Waals surface area contributed by atoms with Gasteiger partial charge in [0, 0.05) is 10.9 Å². The van der Waals surface area contributed by atoms with Gasteiger partial charge >= 0.3 is 0 Å². The molecular formula is C19H14ClN3O2S. The van der Waals surface area contributed by atoms with E-state index in [1.54, 1.807) is 6.07 Å². The lowest BCUT2D eigenvalue weighted by Crippen LogP contribution is -2.42. The number of aromatic nitrogens is 1. The lowest BCUT2D eigenvalue weighted by Gasteiger charge is -2.29. The van der Waals surface area contributed by atoms with Crippen molar-refractivity contribution in [2.45, 2.75) is 6.42 Å². The van der Waals surface area contributed by atoms with E-state index in [4.69, 9.17) is 11.6 Å². The van der Waals surface area contributed by atoms with Crippen molar-refractivity contribution in [1.82, 2.24) is 4.98 Å². The van der Waals surface area contributed by atoms with Gasteiger partial charge in [-0.05, 0) is 18.2 Å². The zero-order valence-electron chi connectivity index (χ0n) is 13.6. The molecule has 1 aromatic heterocycles. The van der Waals surface area contributed by atoms with E-state index in [1.165, 1.54) is 16.2 Å². The Morgan fingerprint density at radius 3 is 2.81 bits per heavy atom. The van der Waals surface area contributed by atoms with Crippen molar-refractivity contribution in [3.05, 3.63) is 64.6 Å². The number of anilines is 2. The van der Waals surface area contributed by atoms with Crippen molar-refractivity contribution < 1.29 is 9.59 Å². The molecule has 0 saturated heterocycles. The molecule has 2 heterocycles. The summed E-state index contributed by atoms with van der Waals surface area (Å²) in [6, 6.07) is 14.7. The molecule has 2 amide bonds. The van der Waals surface area contributed by atoms with Crippen LogP contribution in [0.15, 0.2) is 53.9 Å². The Labute approximate surface area is 159 Å². The number of nitrogens with zero attached hydrogens (tertiary/aromatic N) is 2. The van der Waals surface area contributed by atoms with Crippen molar-refractivity contribution in [3.8, 4) is 10.6 Å². The van der Waals surface area contributed by atoms with Crippen LogP contribution in [0, 0.1) is 0 Å². The van der Waals surface area contributed by atoms with Crippen LogP contribution in [0.25, 0.3) is 10.6 Å². The fraction of sp³-hybridized carbons (Fsp3) is 0.105. The Kier molecular flexibility index (Phi) is 4.44. The van der Waals surface area contributed by atoms with Crippen molar-refractivity contribution >= 4 is 46.1 Å². The van der Waals surface area contributed by atoms with Crippen LogP contribution in [0.3, 0.4) is 0 Å². The highest BCUT2D eigenvalue weighted by molar-refractivity contribution is 7.13. The lowest BCUT2D eigenvalue weighted by molar-refractivity contribution is -0.121. The van der Waals surface area contributed by atoms with Crippen molar-refractivity contribution in [1.29, 1.82) is 0 Å². The number of rotatable bonds is 3. The highest BCUT2D eigenvalue weighted by Crippen LogP contribution is 2.32. The fourth-order valence-electron chi connectivity index (χ4n) is 2.85. The molecule has 2 aromatic carbocycles. The third-order valence-corrected chi connectivity index (χ3v) is 5.31. The molecule has 0 bridgehead atoms. The molecule has 0 fully saturated rings. The molecule has 5 nitrogen and oxygen atoms in total. The molecule has 0 saturated carbocycles. The molecule has 3 aromatic rings. The number of amides is 2. The molecule has 0 spiro atoms. The highest BCUT2D eigenvalue weighted by Gasteiger charge is 2.27. The Morgan fingerprint density at radius 1 is 1.19 bits per heavy atom. The van der Waals surface area contributed by atoms with E-state index in [2.05, 4.69) is 10.3 Å². The van der Waals surface area contributed by atoms with Crippen LogP contribution in [0.4, 0.5) is 11.4 Å². The Balaban J connectivity index is 1.56. The Morgan fingerprint density at radius 2 is 1.96 bits per heavy atom. The van der Waals surface area contributed by atoms with Gasteiger partial charge in [-0.15, -0.1) is 11.3 Å². The highest BCUT2D eigenvalue weighted by atomic mass is 35.5. The number of hydrogen-bond donors (Lipinski definition) is 1. The Bertz CT molecular complexity index is 1000. The predicted octanol–water partition coefficient (Wildman–Crippen LogP) is 3.99. The third kappa shape index (κ3) is 3.21. The molecule has 1 N–H and O–H groups in total. The van der Waals surface area contributed by atoms with E-state index >= 15 is 0 Å². The first-order chi connectivity index (χ1) is 12.6. The average Bonchev–Trinajstić information content (AvgIpc) is 3.09. The summed E-state index contributed by atoms with van der Waals surface area (Å²) in [6.45, 7) is 0.0113. The smallest absolute Gasteiger partial charge is 0.244 e. The van der Waals surface area contributed by atoms with E-state index in [9.17, 15) is 9.59 Å². The number of benzene rings is 2. The summed E-state index contributed by atoms with van der Waals surface area (Å²) in [5.41, 5.74) is 2.87. The van der Waals surface area contributed by atoms with Crippen molar-refractivity contribution in [3.63, 3.8) is 0 Å². The number of thiazole rings is 1. The van der Waals surface area contributed by atoms with Crippen LogP contribution in [0.5, 0.6) is 0 Å². The molecule has 1 aliphatic rings. The number of hydrogen-bond acceptors (Lipinski definition) is 4. The van der Waals surface area contributed by atoms with Gasteiger partial charge in [-0.3, -0.25) is 9.59 Å². The second kappa shape index (κ2) is 6.90. The van der Waals surface area contributed by atoms with Crippen LogP contribution in [-0.4, -0.2) is 23.3 Å². The summed E-state index contributed by atoms with van der Waals surface area (Å²) in [5, 5.41) is 6.03. The second-order valence-corrected chi connectivity index (χ2v) is 7.11. The maximum absolute atomic E-state index is 12.8. The van der Waals surface area contributed by atoms with Crippen molar-refractivity contribution in [2.75, 3.05) is 16.8 Å². The molecule has 130 valence electrons.